The van der Waals surface area contributed by atoms with Gasteiger partial charge in [-0.15, -0.1) is 0 Å². The van der Waals surface area contributed by atoms with E-state index in [1.807, 2.05) is 29.5 Å². The van der Waals surface area contributed by atoms with E-state index in [-0.39, 0.29) is 17.6 Å². The van der Waals surface area contributed by atoms with Crippen LogP contribution in [0.2, 0.25) is 0 Å². The molecule has 1 aliphatic rings. The average Bonchev–Trinajstić information content (AvgIpc) is 2.92. The fourth-order valence-corrected chi connectivity index (χ4v) is 3.24. The molecule has 0 aliphatic heterocycles. The Morgan fingerprint density at radius 2 is 2.10 bits per heavy atom. The van der Waals surface area contributed by atoms with Crippen LogP contribution in [0.5, 0.6) is 0 Å². The van der Waals surface area contributed by atoms with Crippen LogP contribution in [-0.4, -0.2) is 16.9 Å². The summed E-state index contributed by atoms with van der Waals surface area (Å²) in [6.07, 6.45) is 4.74. The Kier molecular flexibility index (Phi) is 4.95. The van der Waals surface area contributed by atoms with Crippen molar-refractivity contribution in [2.24, 2.45) is 5.92 Å². The summed E-state index contributed by atoms with van der Waals surface area (Å²) in [4.78, 5) is 22.6. The molecular formula is C14H17IN2O3. The molecule has 1 aromatic rings. The van der Waals surface area contributed by atoms with Crippen LogP contribution in [0.3, 0.4) is 0 Å². The molecule has 1 aromatic carbocycles. The van der Waals surface area contributed by atoms with Gasteiger partial charge in [0.25, 0.3) is 11.6 Å². The molecule has 1 saturated carbocycles. The normalized spacial score (nSPS) is 16.9. The van der Waals surface area contributed by atoms with E-state index in [4.69, 9.17) is 0 Å². The minimum atomic E-state index is -0.479. The standard InChI is InChI=1S/C14H17IN2O3/c1-9(10-4-2-3-5-10)16-14(18)12-8-11(17(19)20)6-7-13(12)15/h6-10H,2-5H2,1H3,(H,16,18). The predicted octanol–water partition coefficient (Wildman–Crippen LogP) is 3.51. The van der Waals surface area contributed by atoms with Gasteiger partial charge in [-0.1, -0.05) is 12.8 Å². The summed E-state index contributed by atoms with van der Waals surface area (Å²) in [6.45, 7) is 2.01. The Labute approximate surface area is 131 Å². The maximum absolute atomic E-state index is 12.3. The van der Waals surface area contributed by atoms with Gasteiger partial charge >= 0.3 is 0 Å². The monoisotopic (exact) mass is 388 g/mol. The van der Waals surface area contributed by atoms with E-state index in [1.54, 1.807) is 6.07 Å². The van der Waals surface area contributed by atoms with Crippen molar-refractivity contribution in [2.75, 3.05) is 0 Å². The van der Waals surface area contributed by atoms with Gasteiger partial charge in [0.15, 0.2) is 0 Å². The first kappa shape index (κ1) is 15.2. The second kappa shape index (κ2) is 6.51. The molecule has 1 atom stereocenters. The molecule has 5 nitrogen and oxygen atoms in total. The molecule has 6 heteroatoms. The molecule has 1 N–H and O–H groups in total. The zero-order valence-corrected chi connectivity index (χ0v) is 13.4. The SMILES string of the molecule is CC(NC(=O)c1cc([N+](=O)[O-])ccc1I)C1CCCC1. The number of benzene rings is 1. The first-order chi connectivity index (χ1) is 9.49. The highest BCUT2D eigenvalue weighted by Crippen LogP contribution is 2.28. The minimum absolute atomic E-state index is 0.0518. The maximum Gasteiger partial charge on any atom is 0.270 e. The fraction of sp³-hybridized carbons (Fsp3) is 0.500. The van der Waals surface area contributed by atoms with Crippen molar-refractivity contribution in [3.8, 4) is 0 Å². The van der Waals surface area contributed by atoms with Crippen molar-refractivity contribution in [2.45, 2.75) is 38.6 Å². The number of nitrogens with zero attached hydrogens (tertiary/aromatic N) is 1. The summed E-state index contributed by atoms with van der Waals surface area (Å²) < 4.78 is 0.726. The number of rotatable bonds is 4. The van der Waals surface area contributed by atoms with Crippen molar-refractivity contribution >= 4 is 34.2 Å². The number of carbonyl (C=O) groups is 1. The highest BCUT2D eigenvalue weighted by atomic mass is 127. The third-order valence-corrected chi connectivity index (χ3v) is 4.81. The lowest BCUT2D eigenvalue weighted by Gasteiger charge is -2.20. The Bertz CT molecular complexity index is 527. The van der Waals surface area contributed by atoms with Gasteiger partial charge in [0.2, 0.25) is 0 Å². The van der Waals surface area contributed by atoms with Gasteiger partial charge in [0.05, 0.1) is 10.5 Å². The van der Waals surface area contributed by atoms with Crippen molar-refractivity contribution in [1.29, 1.82) is 0 Å². The molecule has 108 valence electrons. The van der Waals surface area contributed by atoms with Gasteiger partial charge in [0, 0.05) is 21.7 Å². The summed E-state index contributed by atoms with van der Waals surface area (Å²) in [5.74, 6) is 0.299. The number of amides is 1. The lowest BCUT2D eigenvalue weighted by Crippen LogP contribution is -2.37. The lowest BCUT2D eigenvalue weighted by atomic mass is 9.99. The van der Waals surface area contributed by atoms with Crippen molar-refractivity contribution < 1.29 is 9.72 Å². The predicted molar refractivity (Wildman–Crippen MR) is 84.7 cm³/mol. The summed E-state index contributed by atoms with van der Waals surface area (Å²) in [5.41, 5.74) is 0.328. The summed E-state index contributed by atoms with van der Waals surface area (Å²) >= 11 is 2.03. The van der Waals surface area contributed by atoms with E-state index in [2.05, 4.69) is 5.32 Å². The van der Waals surface area contributed by atoms with Crippen LogP contribution >= 0.6 is 22.6 Å². The van der Waals surface area contributed by atoms with Crippen molar-refractivity contribution in [3.63, 3.8) is 0 Å². The molecule has 0 heterocycles. The summed E-state index contributed by atoms with van der Waals surface area (Å²) in [7, 11) is 0. The second-order valence-electron chi connectivity index (χ2n) is 5.23. The largest absolute Gasteiger partial charge is 0.349 e. The molecule has 0 bridgehead atoms. The molecule has 1 amide bonds. The van der Waals surface area contributed by atoms with E-state index >= 15 is 0 Å². The molecule has 1 aliphatic carbocycles. The van der Waals surface area contributed by atoms with Crippen molar-refractivity contribution in [3.05, 3.63) is 37.4 Å². The maximum atomic E-state index is 12.3. The number of non-ortho nitro benzene ring substituents is 1. The number of hydrogen-bond acceptors (Lipinski definition) is 3. The van der Waals surface area contributed by atoms with Crippen LogP contribution in [0.25, 0.3) is 0 Å². The Morgan fingerprint density at radius 1 is 1.45 bits per heavy atom. The number of nitro groups is 1. The van der Waals surface area contributed by atoms with E-state index < -0.39 is 4.92 Å². The number of nitro benzene ring substituents is 1. The van der Waals surface area contributed by atoms with Gasteiger partial charge in [-0.3, -0.25) is 14.9 Å². The van der Waals surface area contributed by atoms with Crippen LogP contribution in [0, 0.1) is 19.6 Å². The highest BCUT2D eigenvalue weighted by molar-refractivity contribution is 14.1. The fourth-order valence-electron chi connectivity index (χ4n) is 2.66. The number of carbonyl (C=O) groups excluding carboxylic acids is 1. The third kappa shape index (κ3) is 3.47. The Hall–Kier alpha value is -1.18. The Balaban J connectivity index is 2.11. The van der Waals surface area contributed by atoms with Gasteiger partial charge in [-0.05, 0) is 54.3 Å². The zero-order chi connectivity index (χ0) is 14.7. The Morgan fingerprint density at radius 3 is 2.70 bits per heavy atom. The van der Waals surface area contributed by atoms with Crippen LogP contribution in [0.15, 0.2) is 18.2 Å². The van der Waals surface area contributed by atoms with Crippen LogP contribution in [0.4, 0.5) is 5.69 Å². The van der Waals surface area contributed by atoms with Gasteiger partial charge in [0.1, 0.15) is 0 Å². The van der Waals surface area contributed by atoms with E-state index in [0.717, 1.165) is 16.4 Å². The van der Waals surface area contributed by atoms with E-state index in [0.29, 0.717) is 11.5 Å². The molecule has 20 heavy (non-hydrogen) atoms. The van der Waals surface area contributed by atoms with E-state index in [1.165, 1.54) is 25.0 Å². The second-order valence-corrected chi connectivity index (χ2v) is 6.39. The molecule has 0 saturated heterocycles. The third-order valence-electron chi connectivity index (χ3n) is 3.87. The molecule has 0 aromatic heterocycles. The van der Waals surface area contributed by atoms with Crippen molar-refractivity contribution in [1.82, 2.24) is 5.32 Å². The average molecular weight is 388 g/mol. The summed E-state index contributed by atoms with van der Waals surface area (Å²) in [6, 6.07) is 4.48. The minimum Gasteiger partial charge on any atom is -0.349 e. The summed E-state index contributed by atoms with van der Waals surface area (Å²) in [5, 5.41) is 13.8. The molecule has 1 fully saturated rings. The molecule has 2 rings (SSSR count). The first-order valence-corrected chi connectivity index (χ1v) is 7.81. The van der Waals surface area contributed by atoms with Gasteiger partial charge < -0.3 is 5.32 Å². The van der Waals surface area contributed by atoms with E-state index in [9.17, 15) is 14.9 Å². The van der Waals surface area contributed by atoms with Gasteiger partial charge in [-0.2, -0.15) is 0 Å². The zero-order valence-electron chi connectivity index (χ0n) is 11.3. The topological polar surface area (TPSA) is 72.2 Å². The first-order valence-electron chi connectivity index (χ1n) is 6.74. The molecule has 0 radical (unpaired) electrons. The highest BCUT2D eigenvalue weighted by Gasteiger charge is 2.24. The number of nitrogens with one attached hydrogen (secondary N) is 1. The molecule has 0 spiro atoms. The van der Waals surface area contributed by atoms with Crippen LogP contribution < -0.4 is 5.32 Å². The lowest BCUT2D eigenvalue weighted by molar-refractivity contribution is -0.384. The quantitative estimate of drug-likeness (QED) is 0.488. The van der Waals surface area contributed by atoms with Crippen LogP contribution in [0.1, 0.15) is 43.0 Å². The number of halogens is 1. The molecule has 1 unspecified atom stereocenters. The molecular weight excluding hydrogens is 371 g/mol. The smallest absolute Gasteiger partial charge is 0.270 e. The number of hydrogen-bond donors (Lipinski definition) is 1. The van der Waals surface area contributed by atoms with Crippen LogP contribution in [-0.2, 0) is 0 Å². The van der Waals surface area contributed by atoms with Gasteiger partial charge in [-0.25, -0.2) is 0 Å².